The summed E-state index contributed by atoms with van der Waals surface area (Å²) in [4.78, 5) is 2.46. The van der Waals surface area contributed by atoms with E-state index in [0.717, 1.165) is 10.6 Å². The summed E-state index contributed by atoms with van der Waals surface area (Å²) in [6, 6.07) is 11.8. The van der Waals surface area contributed by atoms with Crippen molar-refractivity contribution in [2.45, 2.75) is 13.0 Å². The fourth-order valence-corrected chi connectivity index (χ4v) is 2.59. The Kier molecular flexibility index (Phi) is 3.10. The van der Waals surface area contributed by atoms with Crippen molar-refractivity contribution in [3.05, 3.63) is 56.7 Å². The van der Waals surface area contributed by atoms with Crippen LogP contribution < -0.4 is 5.73 Å². The molecule has 1 heterocycles. The number of aryl methyl sites for hydroxylation is 1. The number of hydrogen-bond acceptors (Lipinski definition) is 2. The van der Waals surface area contributed by atoms with Crippen LogP contribution in [0.25, 0.3) is 0 Å². The lowest BCUT2D eigenvalue weighted by Crippen LogP contribution is -2.09. The zero-order valence-electron chi connectivity index (χ0n) is 8.41. The molecule has 2 N–H and O–H groups in total. The summed E-state index contributed by atoms with van der Waals surface area (Å²) in [6.07, 6.45) is 0. The van der Waals surface area contributed by atoms with Gasteiger partial charge >= 0.3 is 0 Å². The molecule has 0 saturated heterocycles. The molecule has 0 aliphatic carbocycles. The van der Waals surface area contributed by atoms with Gasteiger partial charge in [-0.2, -0.15) is 0 Å². The standard InChI is InChI=1S/C12H12ClNS/c1-8-5-6-11(15-8)12(14)9-3-2-4-10(13)7-9/h2-7,12H,14H2,1H3. The Morgan fingerprint density at radius 3 is 2.67 bits per heavy atom. The van der Waals surface area contributed by atoms with E-state index in [1.807, 2.05) is 24.3 Å². The average molecular weight is 238 g/mol. The Hall–Kier alpha value is -0.830. The van der Waals surface area contributed by atoms with E-state index in [1.165, 1.54) is 9.75 Å². The zero-order chi connectivity index (χ0) is 10.8. The van der Waals surface area contributed by atoms with Crippen LogP contribution in [-0.4, -0.2) is 0 Å². The van der Waals surface area contributed by atoms with Crippen LogP contribution in [-0.2, 0) is 0 Å². The van der Waals surface area contributed by atoms with E-state index >= 15 is 0 Å². The van der Waals surface area contributed by atoms with Gasteiger partial charge in [-0.25, -0.2) is 0 Å². The Morgan fingerprint density at radius 1 is 1.27 bits per heavy atom. The van der Waals surface area contributed by atoms with Crippen molar-refractivity contribution >= 4 is 22.9 Å². The molecule has 0 saturated carbocycles. The maximum Gasteiger partial charge on any atom is 0.0646 e. The molecular weight excluding hydrogens is 226 g/mol. The zero-order valence-corrected chi connectivity index (χ0v) is 9.98. The van der Waals surface area contributed by atoms with Crippen molar-refractivity contribution in [1.29, 1.82) is 0 Å². The molecular formula is C12H12ClNS. The Morgan fingerprint density at radius 2 is 2.07 bits per heavy atom. The summed E-state index contributed by atoms with van der Waals surface area (Å²) in [5.74, 6) is 0. The topological polar surface area (TPSA) is 26.0 Å². The molecule has 1 nitrogen and oxygen atoms in total. The number of thiophene rings is 1. The van der Waals surface area contributed by atoms with Crippen molar-refractivity contribution in [3.63, 3.8) is 0 Å². The van der Waals surface area contributed by atoms with Crippen LogP contribution in [0.15, 0.2) is 36.4 Å². The quantitative estimate of drug-likeness (QED) is 0.846. The minimum absolute atomic E-state index is 0.0672. The molecule has 0 radical (unpaired) electrons. The van der Waals surface area contributed by atoms with Crippen molar-refractivity contribution < 1.29 is 0 Å². The fourth-order valence-electron chi connectivity index (χ4n) is 1.48. The number of benzene rings is 1. The summed E-state index contributed by atoms with van der Waals surface area (Å²) < 4.78 is 0. The summed E-state index contributed by atoms with van der Waals surface area (Å²) in [5, 5.41) is 0.733. The maximum atomic E-state index is 6.15. The van der Waals surface area contributed by atoms with Crippen LogP contribution in [0.1, 0.15) is 21.4 Å². The Labute approximate surface area is 98.5 Å². The van der Waals surface area contributed by atoms with E-state index in [1.54, 1.807) is 11.3 Å². The maximum absolute atomic E-state index is 6.15. The van der Waals surface area contributed by atoms with Crippen molar-refractivity contribution in [2.75, 3.05) is 0 Å². The first-order valence-electron chi connectivity index (χ1n) is 4.74. The van der Waals surface area contributed by atoms with Gasteiger partial charge in [0.2, 0.25) is 0 Å². The normalized spacial score (nSPS) is 12.7. The monoisotopic (exact) mass is 237 g/mol. The van der Waals surface area contributed by atoms with Crippen molar-refractivity contribution in [2.24, 2.45) is 5.73 Å². The third-order valence-corrected chi connectivity index (χ3v) is 3.59. The highest BCUT2D eigenvalue weighted by atomic mass is 35.5. The molecule has 0 amide bonds. The second-order valence-corrected chi connectivity index (χ2v) is 5.24. The van der Waals surface area contributed by atoms with E-state index in [0.29, 0.717) is 0 Å². The molecule has 2 rings (SSSR count). The third kappa shape index (κ3) is 2.40. The van der Waals surface area contributed by atoms with E-state index in [9.17, 15) is 0 Å². The van der Waals surface area contributed by atoms with Gasteiger partial charge < -0.3 is 5.73 Å². The molecule has 0 aliphatic heterocycles. The molecule has 1 aromatic carbocycles. The molecule has 1 aromatic heterocycles. The van der Waals surface area contributed by atoms with Crippen molar-refractivity contribution in [3.8, 4) is 0 Å². The summed E-state index contributed by atoms with van der Waals surface area (Å²) in [7, 11) is 0. The Bertz CT molecular complexity index is 464. The highest BCUT2D eigenvalue weighted by Crippen LogP contribution is 2.27. The number of rotatable bonds is 2. The first-order chi connectivity index (χ1) is 7.16. The van der Waals surface area contributed by atoms with E-state index in [4.69, 9.17) is 17.3 Å². The van der Waals surface area contributed by atoms with E-state index in [2.05, 4.69) is 19.1 Å². The van der Waals surface area contributed by atoms with E-state index in [-0.39, 0.29) is 6.04 Å². The molecule has 3 heteroatoms. The fraction of sp³-hybridized carbons (Fsp3) is 0.167. The predicted molar refractivity (Wildman–Crippen MR) is 66.5 cm³/mol. The lowest BCUT2D eigenvalue weighted by atomic mass is 10.1. The van der Waals surface area contributed by atoms with Crippen LogP contribution in [0.2, 0.25) is 5.02 Å². The Balaban J connectivity index is 2.32. The van der Waals surface area contributed by atoms with Gasteiger partial charge in [0, 0.05) is 14.8 Å². The van der Waals surface area contributed by atoms with Gasteiger partial charge in [-0.05, 0) is 36.8 Å². The number of hydrogen-bond donors (Lipinski definition) is 1. The number of nitrogens with two attached hydrogens (primary N) is 1. The average Bonchev–Trinajstić information content (AvgIpc) is 2.64. The van der Waals surface area contributed by atoms with Gasteiger partial charge in [0.15, 0.2) is 0 Å². The minimum Gasteiger partial charge on any atom is -0.320 e. The second-order valence-electron chi connectivity index (χ2n) is 3.48. The molecule has 78 valence electrons. The predicted octanol–water partition coefficient (Wildman–Crippen LogP) is 3.76. The summed E-state index contributed by atoms with van der Waals surface area (Å²) in [5.41, 5.74) is 7.21. The van der Waals surface area contributed by atoms with Gasteiger partial charge in [0.25, 0.3) is 0 Å². The SMILES string of the molecule is Cc1ccc(C(N)c2cccc(Cl)c2)s1. The molecule has 0 aliphatic rings. The van der Waals surface area contributed by atoms with Crippen LogP contribution in [0.3, 0.4) is 0 Å². The van der Waals surface area contributed by atoms with Crippen LogP contribution >= 0.6 is 22.9 Å². The molecule has 1 unspecified atom stereocenters. The second kappa shape index (κ2) is 4.35. The van der Waals surface area contributed by atoms with Crippen molar-refractivity contribution in [1.82, 2.24) is 0 Å². The van der Waals surface area contributed by atoms with Crippen LogP contribution in [0, 0.1) is 6.92 Å². The molecule has 0 fully saturated rings. The molecule has 0 bridgehead atoms. The first-order valence-corrected chi connectivity index (χ1v) is 5.93. The molecule has 0 spiro atoms. The van der Waals surface area contributed by atoms with Gasteiger partial charge in [0.05, 0.1) is 6.04 Å². The molecule has 1 atom stereocenters. The van der Waals surface area contributed by atoms with E-state index < -0.39 is 0 Å². The highest BCUT2D eigenvalue weighted by Gasteiger charge is 2.10. The number of halogens is 1. The largest absolute Gasteiger partial charge is 0.320 e. The summed E-state index contributed by atoms with van der Waals surface area (Å²) in [6.45, 7) is 2.08. The third-order valence-electron chi connectivity index (χ3n) is 2.28. The lowest BCUT2D eigenvalue weighted by molar-refractivity contribution is 0.894. The molecule has 15 heavy (non-hydrogen) atoms. The lowest BCUT2D eigenvalue weighted by Gasteiger charge is -2.09. The van der Waals surface area contributed by atoms with Gasteiger partial charge in [-0.15, -0.1) is 11.3 Å². The highest BCUT2D eigenvalue weighted by molar-refractivity contribution is 7.12. The summed E-state index contributed by atoms with van der Waals surface area (Å²) >= 11 is 7.66. The van der Waals surface area contributed by atoms with Gasteiger partial charge in [-0.3, -0.25) is 0 Å². The van der Waals surface area contributed by atoms with Gasteiger partial charge in [0.1, 0.15) is 0 Å². The molecule has 2 aromatic rings. The first kappa shape index (κ1) is 10.7. The minimum atomic E-state index is -0.0672. The van der Waals surface area contributed by atoms with Gasteiger partial charge in [-0.1, -0.05) is 23.7 Å². The smallest absolute Gasteiger partial charge is 0.0646 e. The van der Waals surface area contributed by atoms with Crippen LogP contribution in [0.5, 0.6) is 0 Å². The van der Waals surface area contributed by atoms with Crippen LogP contribution in [0.4, 0.5) is 0 Å².